The van der Waals surface area contributed by atoms with Gasteiger partial charge in [0, 0.05) is 12.2 Å². The molecule has 1 amide bonds. The molecule has 2 aromatic rings. The summed E-state index contributed by atoms with van der Waals surface area (Å²) in [4.78, 5) is 12.7. The number of ether oxygens (including phenoxy) is 1. The standard InChI is InChI=1S/C21H20N2O2/c24-21(23-16-11-13-22-14-12-16)18-7-1-2-9-20(18)25-19-10-4-6-15-5-3-8-17(15)19/h1-2,4,6-7,9-13,22H,3,5,8,14H2,(H,23,24). The van der Waals surface area contributed by atoms with E-state index < -0.39 is 0 Å². The van der Waals surface area contributed by atoms with Crippen LogP contribution in [0.15, 0.2) is 66.5 Å². The fourth-order valence-electron chi connectivity index (χ4n) is 3.29. The van der Waals surface area contributed by atoms with Gasteiger partial charge in [0.1, 0.15) is 11.5 Å². The zero-order valence-corrected chi connectivity index (χ0v) is 13.9. The summed E-state index contributed by atoms with van der Waals surface area (Å²) in [7, 11) is 0. The van der Waals surface area contributed by atoms with Gasteiger partial charge < -0.3 is 15.4 Å². The minimum absolute atomic E-state index is 0.166. The van der Waals surface area contributed by atoms with Gasteiger partial charge in [-0.2, -0.15) is 0 Å². The van der Waals surface area contributed by atoms with Gasteiger partial charge in [-0.1, -0.05) is 24.3 Å². The largest absolute Gasteiger partial charge is 0.456 e. The summed E-state index contributed by atoms with van der Waals surface area (Å²) in [5.74, 6) is 1.27. The van der Waals surface area contributed by atoms with Crippen LogP contribution in [-0.2, 0) is 12.8 Å². The van der Waals surface area contributed by atoms with Crippen LogP contribution in [0.2, 0.25) is 0 Å². The van der Waals surface area contributed by atoms with Gasteiger partial charge >= 0.3 is 0 Å². The van der Waals surface area contributed by atoms with E-state index in [1.807, 2.05) is 48.7 Å². The number of benzene rings is 2. The first-order valence-electron chi connectivity index (χ1n) is 8.60. The van der Waals surface area contributed by atoms with E-state index >= 15 is 0 Å². The molecule has 0 atom stereocenters. The first kappa shape index (κ1) is 15.5. The molecule has 0 fully saturated rings. The summed E-state index contributed by atoms with van der Waals surface area (Å²) in [5, 5.41) is 5.99. The van der Waals surface area contributed by atoms with Crippen molar-refractivity contribution in [3.8, 4) is 11.5 Å². The van der Waals surface area contributed by atoms with Gasteiger partial charge in [-0.3, -0.25) is 4.79 Å². The average molecular weight is 332 g/mol. The lowest BCUT2D eigenvalue weighted by Crippen LogP contribution is -2.25. The van der Waals surface area contributed by atoms with Gasteiger partial charge in [-0.05, 0) is 66.9 Å². The summed E-state index contributed by atoms with van der Waals surface area (Å²) in [5.41, 5.74) is 3.94. The van der Waals surface area contributed by atoms with Gasteiger partial charge in [0.2, 0.25) is 0 Å². The molecule has 2 aromatic carbocycles. The number of rotatable bonds is 4. The van der Waals surface area contributed by atoms with Gasteiger partial charge in [0.25, 0.3) is 5.91 Å². The molecule has 0 spiro atoms. The molecule has 0 bridgehead atoms. The molecule has 0 saturated carbocycles. The highest BCUT2D eigenvalue weighted by atomic mass is 16.5. The van der Waals surface area contributed by atoms with Crippen LogP contribution < -0.4 is 15.4 Å². The number of hydrogen-bond acceptors (Lipinski definition) is 3. The Bertz CT molecular complexity index is 868. The Morgan fingerprint density at radius 1 is 1.04 bits per heavy atom. The molecule has 0 radical (unpaired) electrons. The number of amides is 1. The minimum Gasteiger partial charge on any atom is -0.456 e. The lowest BCUT2D eigenvalue weighted by atomic mass is 10.1. The number of aryl methyl sites for hydroxylation is 1. The number of hydrogen-bond donors (Lipinski definition) is 2. The third kappa shape index (κ3) is 3.29. The smallest absolute Gasteiger partial charge is 0.259 e. The van der Waals surface area contributed by atoms with E-state index in [0.29, 0.717) is 17.9 Å². The second-order valence-electron chi connectivity index (χ2n) is 6.20. The van der Waals surface area contributed by atoms with Crippen LogP contribution >= 0.6 is 0 Å². The van der Waals surface area contributed by atoms with Gasteiger partial charge in [0.05, 0.1) is 5.56 Å². The summed E-state index contributed by atoms with van der Waals surface area (Å²) in [6.45, 7) is 0.709. The molecule has 2 aliphatic rings. The molecule has 25 heavy (non-hydrogen) atoms. The summed E-state index contributed by atoms with van der Waals surface area (Å²) >= 11 is 0. The predicted octanol–water partition coefficient (Wildman–Crippen LogP) is 3.70. The van der Waals surface area contributed by atoms with Crippen LogP contribution in [0.5, 0.6) is 11.5 Å². The number of dihydropyridines is 1. The molecule has 1 aliphatic carbocycles. The topological polar surface area (TPSA) is 50.4 Å². The van der Waals surface area contributed by atoms with Crippen molar-refractivity contribution in [3.05, 3.63) is 83.2 Å². The Balaban J connectivity index is 1.59. The van der Waals surface area contributed by atoms with Crippen molar-refractivity contribution in [2.75, 3.05) is 6.54 Å². The number of carbonyl (C=O) groups is 1. The second kappa shape index (κ2) is 6.85. The normalized spacial score (nSPS) is 15.1. The van der Waals surface area contributed by atoms with E-state index in [2.05, 4.69) is 16.7 Å². The van der Waals surface area contributed by atoms with Crippen molar-refractivity contribution >= 4 is 5.91 Å². The second-order valence-corrected chi connectivity index (χ2v) is 6.20. The van der Waals surface area contributed by atoms with Gasteiger partial charge in [0.15, 0.2) is 0 Å². The predicted molar refractivity (Wildman–Crippen MR) is 97.7 cm³/mol. The SMILES string of the molecule is O=C(NC1=CCNC=C1)c1ccccc1Oc1cccc2c1CCC2. The lowest BCUT2D eigenvalue weighted by molar-refractivity contribution is 0.0964. The maximum absolute atomic E-state index is 12.7. The molecule has 4 nitrogen and oxygen atoms in total. The van der Waals surface area contributed by atoms with E-state index in [9.17, 15) is 4.79 Å². The number of nitrogens with one attached hydrogen (secondary N) is 2. The quantitative estimate of drug-likeness (QED) is 0.897. The summed E-state index contributed by atoms with van der Waals surface area (Å²) in [6.07, 6.45) is 8.89. The maximum atomic E-state index is 12.7. The highest BCUT2D eigenvalue weighted by Gasteiger charge is 2.18. The highest BCUT2D eigenvalue weighted by Crippen LogP contribution is 2.34. The van der Waals surface area contributed by atoms with Crippen molar-refractivity contribution in [3.63, 3.8) is 0 Å². The summed E-state index contributed by atoms with van der Waals surface area (Å²) in [6, 6.07) is 13.5. The lowest BCUT2D eigenvalue weighted by Gasteiger charge is -2.15. The van der Waals surface area contributed by atoms with E-state index in [1.165, 1.54) is 11.1 Å². The van der Waals surface area contributed by atoms with Crippen LogP contribution in [-0.4, -0.2) is 12.5 Å². The Morgan fingerprint density at radius 3 is 2.80 bits per heavy atom. The average Bonchev–Trinajstić information content (AvgIpc) is 3.13. The monoisotopic (exact) mass is 332 g/mol. The molecular formula is C21H20N2O2. The van der Waals surface area contributed by atoms with Crippen molar-refractivity contribution in [2.24, 2.45) is 0 Å². The van der Waals surface area contributed by atoms with Crippen molar-refractivity contribution in [1.29, 1.82) is 0 Å². The molecule has 0 unspecified atom stereocenters. The maximum Gasteiger partial charge on any atom is 0.259 e. The minimum atomic E-state index is -0.166. The van der Waals surface area contributed by atoms with E-state index in [0.717, 1.165) is 30.7 Å². The van der Waals surface area contributed by atoms with Crippen LogP contribution in [0.1, 0.15) is 27.9 Å². The molecule has 4 heteroatoms. The van der Waals surface area contributed by atoms with Gasteiger partial charge in [-0.25, -0.2) is 0 Å². The number of allylic oxidation sites excluding steroid dienone is 1. The van der Waals surface area contributed by atoms with Crippen LogP contribution in [0, 0.1) is 0 Å². The fraction of sp³-hybridized carbons (Fsp3) is 0.190. The van der Waals surface area contributed by atoms with Crippen molar-refractivity contribution < 1.29 is 9.53 Å². The molecule has 2 N–H and O–H groups in total. The number of carbonyl (C=O) groups excluding carboxylic acids is 1. The van der Waals surface area contributed by atoms with E-state index in [1.54, 1.807) is 6.07 Å². The molecule has 0 aromatic heterocycles. The van der Waals surface area contributed by atoms with E-state index in [4.69, 9.17) is 4.74 Å². The molecular weight excluding hydrogens is 312 g/mol. The highest BCUT2D eigenvalue weighted by molar-refractivity contribution is 5.98. The van der Waals surface area contributed by atoms with Crippen LogP contribution in [0.25, 0.3) is 0 Å². The fourth-order valence-corrected chi connectivity index (χ4v) is 3.29. The zero-order chi connectivity index (χ0) is 17.1. The molecule has 126 valence electrons. The molecule has 1 aliphatic heterocycles. The molecule has 4 rings (SSSR count). The first-order valence-corrected chi connectivity index (χ1v) is 8.60. The van der Waals surface area contributed by atoms with Crippen molar-refractivity contribution in [1.82, 2.24) is 10.6 Å². The summed E-state index contributed by atoms with van der Waals surface area (Å²) < 4.78 is 6.15. The van der Waals surface area contributed by atoms with Gasteiger partial charge in [-0.15, -0.1) is 0 Å². The van der Waals surface area contributed by atoms with Crippen molar-refractivity contribution in [2.45, 2.75) is 19.3 Å². The zero-order valence-electron chi connectivity index (χ0n) is 13.9. The number of fused-ring (bicyclic) bond motifs is 1. The Labute approximate surface area is 147 Å². The third-order valence-corrected chi connectivity index (χ3v) is 4.53. The third-order valence-electron chi connectivity index (χ3n) is 4.53. The Hall–Kier alpha value is -3.01. The van der Waals surface area contributed by atoms with E-state index in [-0.39, 0.29) is 5.91 Å². The molecule has 1 heterocycles. The van der Waals surface area contributed by atoms with Crippen LogP contribution in [0.4, 0.5) is 0 Å². The molecule has 0 saturated heterocycles. The Kier molecular flexibility index (Phi) is 4.25. The van der Waals surface area contributed by atoms with Crippen LogP contribution in [0.3, 0.4) is 0 Å². The Morgan fingerprint density at radius 2 is 1.92 bits per heavy atom. The first-order chi connectivity index (χ1) is 12.3. The number of para-hydroxylation sites is 1.